The molecule has 5 nitrogen and oxygen atoms in total. The van der Waals surface area contributed by atoms with Gasteiger partial charge >= 0.3 is 0 Å². The van der Waals surface area contributed by atoms with Gasteiger partial charge in [0, 0.05) is 12.1 Å². The molecule has 0 saturated carbocycles. The Morgan fingerprint density at radius 2 is 1.45 bits per heavy atom. The molecule has 3 aromatic rings. The van der Waals surface area contributed by atoms with E-state index < -0.39 is 10.0 Å². The van der Waals surface area contributed by atoms with Crippen LogP contribution in [0.1, 0.15) is 35.8 Å². The van der Waals surface area contributed by atoms with Gasteiger partial charge in [0.1, 0.15) is 0 Å². The van der Waals surface area contributed by atoms with Crippen molar-refractivity contribution in [2.45, 2.75) is 24.8 Å². The van der Waals surface area contributed by atoms with Crippen molar-refractivity contribution in [3.05, 3.63) is 96.1 Å². The first-order chi connectivity index (χ1) is 13.9. The molecule has 1 amide bonds. The van der Waals surface area contributed by atoms with E-state index in [1.807, 2.05) is 37.3 Å². The molecule has 1 atom stereocenters. The Labute approximate surface area is 172 Å². The van der Waals surface area contributed by atoms with Gasteiger partial charge < -0.3 is 5.32 Å². The molecule has 3 aromatic carbocycles. The quantitative estimate of drug-likeness (QED) is 0.630. The lowest BCUT2D eigenvalue weighted by molar-refractivity contribution is 0.0940. The van der Waals surface area contributed by atoms with Gasteiger partial charge in [0.25, 0.3) is 15.9 Å². The van der Waals surface area contributed by atoms with Crippen LogP contribution in [0.15, 0.2) is 89.8 Å². The SMILES string of the molecule is CCN(c1ccc(C(=O)NC(C)c2ccccc2)cc1)S(=O)(=O)c1ccccc1. The van der Waals surface area contributed by atoms with E-state index in [4.69, 9.17) is 0 Å². The highest BCUT2D eigenvalue weighted by molar-refractivity contribution is 7.92. The topological polar surface area (TPSA) is 66.5 Å². The van der Waals surface area contributed by atoms with Crippen LogP contribution >= 0.6 is 0 Å². The average molecular weight is 409 g/mol. The minimum absolute atomic E-state index is 0.131. The fraction of sp³-hybridized carbons (Fsp3) is 0.174. The van der Waals surface area contributed by atoms with Gasteiger partial charge in [-0.1, -0.05) is 48.5 Å². The first-order valence-corrected chi connectivity index (χ1v) is 10.9. The maximum absolute atomic E-state index is 12.9. The number of sulfonamides is 1. The van der Waals surface area contributed by atoms with Crippen LogP contribution in [0.4, 0.5) is 5.69 Å². The lowest BCUT2D eigenvalue weighted by Crippen LogP contribution is -2.31. The molecule has 0 fully saturated rings. The second-order valence-electron chi connectivity index (χ2n) is 6.64. The molecule has 0 bridgehead atoms. The maximum Gasteiger partial charge on any atom is 0.264 e. The molecule has 0 saturated heterocycles. The van der Waals surface area contributed by atoms with Gasteiger partial charge in [-0.05, 0) is 55.8 Å². The second kappa shape index (κ2) is 8.92. The molecule has 1 N–H and O–H groups in total. The van der Waals surface area contributed by atoms with Crippen LogP contribution in [0.3, 0.4) is 0 Å². The predicted molar refractivity (Wildman–Crippen MR) is 115 cm³/mol. The summed E-state index contributed by atoms with van der Waals surface area (Å²) in [6.07, 6.45) is 0. The van der Waals surface area contributed by atoms with Gasteiger partial charge in [-0.3, -0.25) is 9.10 Å². The Hall–Kier alpha value is -3.12. The Kier molecular flexibility index (Phi) is 6.34. The molecular formula is C23H24N2O3S. The number of hydrogen-bond acceptors (Lipinski definition) is 3. The number of carbonyl (C=O) groups is 1. The van der Waals surface area contributed by atoms with E-state index >= 15 is 0 Å². The fourth-order valence-electron chi connectivity index (χ4n) is 3.10. The number of nitrogens with one attached hydrogen (secondary N) is 1. The van der Waals surface area contributed by atoms with Crippen molar-refractivity contribution in [1.29, 1.82) is 0 Å². The highest BCUT2D eigenvalue weighted by Gasteiger charge is 2.23. The third-order valence-corrected chi connectivity index (χ3v) is 6.60. The molecule has 0 spiro atoms. The number of anilines is 1. The summed E-state index contributed by atoms with van der Waals surface area (Å²) in [7, 11) is -3.66. The number of benzene rings is 3. The molecule has 0 aromatic heterocycles. The molecule has 3 rings (SSSR count). The van der Waals surface area contributed by atoms with Crippen LogP contribution in [0, 0.1) is 0 Å². The van der Waals surface area contributed by atoms with Crippen molar-refractivity contribution < 1.29 is 13.2 Å². The first kappa shape index (κ1) is 20.6. The van der Waals surface area contributed by atoms with Crippen LogP contribution in [0.25, 0.3) is 0 Å². The molecular weight excluding hydrogens is 384 g/mol. The van der Waals surface area contributed by atoms with Crippen LogP contribution in [0.2, 0.25) is 0 Å². The van der Waals surface area contributed by atoms with Gasteiger partial charge in [0.05, 0.1) is 16.6 Å². The summed E-state index contributed by atoms with van der Waals surface area (Å²) in [5.74, 6) is -0.207. The number of hydrogen-bond donors (Lipinski definition) is 1. The number of carbonyl (C=O) groups excluding carboxylic acids is 1. The summed E-state index contributed by atoms with van der Waals surface area (Å²) < 4.78 is 27.2. The Bertz CT molecular complexity index is 1050. The number of amides is 1. The highest BCUT2D eigenvalue weighted by atomic mass is 32.2. The van der Waals surface area contributed by atoms with E-state index in [0.717, 1.165) is 5.56 Å². The standard InChI is InChI=1S/C23H24N2O3S/c1-3-25(29(27,28)22-12-8-5-9-13-22)21-16-14-20(15-17-21)23(26)24-18(2)19-10-6-4-7-11-19/h4-18H,3H2,1-2H3,(H,24,26). The molecule has 0 radical (unpaired) electrons. The normalized spacial score (nSPS) is 12.2. The zero-order valence-electron chi connectivity index (χ0n) is 16.4. The van der Waals surface area contributed by atoms with E-state index in [-0.39, 0.29) is 23.4 Å². The minimum atomic E-state index is -3.66. The van der Waals surface area contributed by atoms with Crippen LogP contribution in [0.5, 0.6) is 0 Å². The summed E-state index contributed by atoms with van der Waals surface area (Å²) in [4.78, 5) is 12.8. The zero-order valence-corrected chi connectivity index (χ0v) is 17.3. The van der Waals surface area contributed by atoms with Crippen molar-refractivity contribution in [3.63, 3.8) is 0 Å². The van der Waals surface area contributed by atoms with E-state index in [1.165, 1.54) is 4.31 Å². The van der Waals surface area contributed by atoms with Crippen LogP contribution < -0.4 is 9.62 Å². The van der Waals surface area contributed by atoms with E-state index in [0.29, 0.717) is 11.3 Å². The Morgan fingerprint density at radius 3 is 2.00 bits per heavy atom. The summed E-state index contributed by atoms with van der Waals surface area (Å²) in [6.45, 7) is 3.99. The predicted octanol–water partition coefficient (Wildman–Crippen LogP) is 4.39. The third-order valence-electron chi connectivity index (χ3n) is 4.68. The van der Waals surface area contributed by atoms with Crippen molar-refractivity contribution in [1.82, 2.24) is 5.32 Å². The van der Waals surface area contributed by atoms with E-state index in [2.05, 4.69) is 5.32 Å². The number of nitrogens with zero attached hydrogens (tertiary/aromatic N) is 1. The van der Waals surface area contributed by atoms with Crippen molar-refractivity contribution in [2.24, 2.45) is 0 Å². The number of rotatable bonds is 7. The van der Waals surface area contributed by atoms with E-state index in [9.17, 15) is 13.2 Å². The summed E-state index contributed by atoms with van der Waals surface area (Å²) in [5, 5.41) is 2.96. The first-order valence-electron chi connectivity index (χ1n) is 9.47. The van der Waals surface area contributed by atoms with Crippen LogP contribution in [-0.2, 0) is 10.0 Å². The highest BCUT2D eigenvalue weighted by Crippen LogP contribution is 2.24. The lowest BCUT2D eigenvalue weighted by Gasteiger charge is -2.23. The summed E-state index contributed by atoms with van der Waals surface area (Å²) in [5.41, 5.74) is 2.01. The molecule has 0 heterocycles. The van der Waals surface area contributed by atoms with Crippen molar-refractivity contribution >= 4 is 21.6 Å². The molecule has 0 aliphatic rings. The molecule has 0 aliphatic heterocycles. The van der Waals surface area contributed by atoms with Gasteiger partial charge in [-0.25, -0.2) is 8.42 Å². The summed E-state index contributed by atoms with van der Waals surface area (Å²) >= 11 is 0. The zero-order chi connectivity index (χ0) is 20.9. The Balaban J connectivity index is 1.77. The Morgan fingerprint density at radius 1 is 0.897 bits per heavy atom. The van der Waals surface area contributed by atoms with Crippen molar-refractivity contribution in [3.8, 4) is 0 Å². The molecule has 29 heavy (non-hydrogen) atoms. The third kappa shape index (κ3) is 4.66. The molecule has 6 heteroatoms. The maximum atomic E-state index is 12.9. The second-order valence-corrected chi connectivity index (χ2v) is 8.50. The van der Waals surface area contributed by atoms with Gasteiger partial charge in [-0.15, -0.1) is 0 Å². The molecule has 1 unspecified atom stereocenters. The monoisotopic (exact) mass is 408 g/mol. The van der Waals surface area contributed by atoms with E-state index in [1.54, 1.807) is 61.5 Å². The summed E-state index contributed by atoms with van der Waals surface area (Å²) in [6, 6.07) is 24.5. The van der Waals surface area contributed by atoms with Gasteiger partial charge in [0.15, 0.2) is 0 Å². The van der Waals surface area contributed by atoms with Crippen molar-refractivity contribution in [2.75, 3.05) is 10.8 Å². The van der Waals surface area contributed by atoms with Crippen LogP contribution in [-0.4, -0.2) is 20.9 Å². The van der Waals surface area contributed by atoms with Gasteiger partial charge in [0.2, 0.25) is 0 Å². The molecule has 0 aliphatic carbocycles. The molecule has 150 valence electrons. The lowest BCUT2D eigenvalue weighted by atomic mass is 10.1. The minimum Gasteiger partial charge on any atom is -0.346 e. The smallest absolute Gasteiger partial charge is 0.264 e. The fourth-order valence-corrected chi connectivity index (χ4v) is 4.59. The average Bonchev–Trinajstić information content (AvgIpc) is 2.75. The largest absolute Gasteiger partial charge is 0.346 e. The van der Waals surface area contributed by atoms with Gasteiger partial charge in [-0.2, -0.15) is 0 Å².